The lowest BCUT2D eigenvalue weighted by Crippen LogP contribution is -2.26. The van der Waals surface area contributed by atoms with Gasteiger partial charge in [0.05, 0.1) is 11.4 Å². The van der Waals surface area contributed by atoms with Crippen LogP contribution in [-0.4, -0.2) is 0 Å². The van der Waals surface area contributed by atoms with Crippen molar-refractivity contribution in [2.75, 3.05) is 4.90 Å². The Bertz CT molecular complexity index is 2260. The summed E-state index contributed by atoms with van der Waals surface area (Å²) < 4.78 is 1.17. The number of para-hydroxylation sites is 1. The highest BCUT2D eigenvalue weighted by Gasteiger charge is 2.43. The number of hydrogen-bond acceptors (Lipinski definition) is 2. The Morgan fingerprint density at radius 3 is 1.88 bits per heavy atom. The van der Waals surface area contributed by atoms with Gasteiger partial charge in [-0.3, -0.25) is 0 Å². The number of benzene rings is 6. The zero-order chi connectivity index (χ0) is 33.8. The van der Waals surface area contributed by atoms with Crippen LogP contribution in [0.2, 0.25) is 0 Å². The Kier molecular flexibility index (Phi) is 8.09. The molecular weight excluding hydrogens is 690 g/mol. The molecule has 1 nitrogen and oxygen atoms in total. The Hall–Kier alpha value is -4.31. The molecule has 0 amide bonds. The third kappa shape index (κ3) is 5.04. The molecule has 1 aliphatic heterocycles. The highest BCUT2D eigenvalue weighted by Crippen LogP contribution is 2.58. The molecule has 3 heteroatoms. The van der Waals surface area contributed by atoms with Gasteiger partial charge in [-0.25, -0.2) is 0 Å². The summed E-state index contributed by atoms with van der Waals surface area (Å²) in [4.78, 5) is 5.09. The molecule has 0 radical (unpaired) electrons. The second-order valence-electron chi connectivity index (χ2n) is 14.0. The van der Waals surface area contributed by atoms with E-state index in [1.54, 1.807) is 0 Å². The molecule has 50 heavy (non-hydrogen) atoms. The summed E-state index contributed by atoms with van der Waals surface area (Å²) in [5, 5.41) is 0. The van der Waals surface area contributed by atoms with Crippen LogP contribution >= 0.6 is 27.7 Å². The van der Waals surface area contributed by atoms with Gasteiger partial charge in [0.15, 0.2) is 0 Å². The maximum absolute atomic E-state index is 3.85. The smallest absolute Gasteiger partial charge is 0.0602 e. The Morgan fingerprint density at radius 2 is 1.18 bits per heavy atom. The lowest BCUT2D eigenvalue weighted by Gasteiger charge is -2.36. The minimum absolute atomic E-state index is 0.0211. The van der Waals surface area contributed by atoms with Gasteiger partial charge in [0.2, 0.25) is 0 Å². The second kappa shape index (κ2) is 12.8. The van der Waals surface area contributed by atoms with Crippen LogP contribution in [0.25, 0.3) is 33.9 Å². The molecule has 0 N–H and O–H groups in total. The molecule has 0 unspecified atom stereocenters. The molecular formula is C47H40BrNS. The number of halogens is 1. The largest absolute Gasteiger partial charge is 0.308 e. The third-order valence-electron chi connectivity index (χ3n) is 11.1. The van der Waals surface area contributed by atoms with E-state index in [-0.39, 0.29) is 5.41 Å². The third-order valence-corrected chi connectivity index (χ3v) is 12.7. The molecule has 9 rings (SSSR count). The zero-order valence-electron chi connectivity index (χ0n) is 28.7. The molecule has 6 aromatic rings. The van der Waals surface area contributed by atoms with Gasteiger partial charge < -0.3 is 4.90 Å². The van der Waals surface area contributed by atoms with Crippen molar-refractivity contribution in [3.63, 3.8) is 0 Å². The fraction of sp³-hybridized carbons (Fsp3) is 0.191. The first-order valence-corrected chi connectivity index (χ1v) is 19.8. The Labute approximate surface area is 309 Å². The van der Waals surface area contributed by atoms with Crippen LogP contribution in [0.4, 0.5) is 17.1 Å². The highest BCUT2D eigenvalue weighted by molar-refractivity contribution is 9.10. The van der Waals surface area contributed by atoms with E-state index in [2.05, 4.69) is 168 Å². The van der Waals surface area contributed by atoms with E-state index in [0.29, 0.717) is 0 Å². The van der Waals surface area contributed by atoms with Gasteiger partial charge in [-0.15, -0.1) is 0 Å². The van der Waals surface area contributed by atoms with Gasteiger partial charge in [0.25, 0.3) is 0 Å². The number of nitrogens with zero attached hydrogens (tertiary/aromatic N) is 1. The van der Waals surface area contributed by atoms with Crippen LogP contribution in [0.5, 0.6) is 0 Å². The molecule has 0 spiro atoms. The standard InChI is InChI=1S/C47H40BrNS/c1-3-5-25-47(26-6-4-2)41-29-32(48)20-22-38(41)39-23-21-33(30-42(39)47)49-43-17-11-12-18-45(43)50-46-28-31(19-24-44(46)49)27-40-36-15-9-7-13-34(36)35-14-8-10-16-37(35)40/h7-24,27-30H,3-6,25-26H2,1-2H3. The van der Waals surface area contributed by atoms with Crippen molar-refractivity contribution in [2.24, 2.45) is 0 Å². The minimum atomic E-state index is 0.0211. The SMILES string of the molecule is CCCCC1(CCCC)c2cc(Br)ccc2-c2ccc(N3c4ccccc4Sc4cc(C=C5c6ccccc6-c6ccccc65)ccc43)cc21. The van der Waals surface area contributed by atoms with E-state index in [0.717, 1.165) is 0 Å². The monoisotopic (exact) mass is 729 g/mol. The topological polar surface area (TPSA) is 3.24 Å². The highest BCUT2D eigenvalue weighted by atomic mass is 79.9. The minimum Gasteiger partial charge on any atom is -0.308 e. The normalized spacial score (nSPS) is 14.4. The van der Waals surface area contributed by atoms with E-state index < -0.39 is 0 Å². The summed E-state index contributed by atoms with van der Waals surface area (Å²) in [6, 6.07) is 47.9. The van der Waals surface area contributed by atoms with Crippen LogP contribution in [-0.2, 0) is 5.41 Å². The number of anilines is 3. The average molecular weight is 731 g/mol. The molecule has 0 saturated carbocycles. The molecule has 0 aromatic heterocycles. The van der Waals surface area contributed by atoms with Crippen LogP contribution in [0.3, 0.4) is 0 Å². The fourth-order valence-corrected chi connectivity index (χ4v) is 10.2. The fourth-order valence-electron chi connectivity index (χ4n) is 8.73. The van der Waals surface area contributed by atoms with Crippen LogP contribution in [0, 0.1) is 0 Å². The van der Waals surface area contributed by atoms with Gasteiger partial charge in [-0.1, -0.05) is 146 Å². The molecule has 0 saturated heterocycles. The number of unbranched alkanes of at least 4 members (excludes halogenated alkanes) is 2. The summed E-state index contributed by atoms with van der Waals surface area (Å²) in [6.45, 7) is 4.66. The predicted molar refractivity (Wildman–Crippen MR) is 217 cm³/mol. The summed E-state index contributed by atoms with van der Waals surface area (Å²) in [7, 11) is 0. The maximum Gasteiger partial charge on any atom is 0.0602 e. The van der Waals surface area contributed by atoms with E-state index in [1.807, 2.05) is 11.8 Å². The van der Waals surface area contributed by atoms with Crippen molar-refractivity contribution in [3.05, 3.63) is 160 Å². The molecule has 6 aromatic carbocycles. The quantitative estimate of drug-likeness (QED) is 0.153. The zero-order valence-corrected chi connectivity index (χ0v) is 31.1. The van der Waals surface area contributed by atoms with E-state index in [9.17, 15) is 0 Å². The first-order chi connectivity index (χ1) is 24.6. The lowest BCUT2D eigenvalue weighted by atomic mass is 9.71. The second-order valence-corrected chi connectivity index (χ2v) is 16.0. The predicted octanol–water partition coefficient (Wildman–Crippen LogP) is 14.6. The molecule has 1 heterocycles. The van der Waals surface area contributed by atoms with Crippen molar-refractivity contribution >= 4 is 56.4 Å². The van der Waals surface area contributed by atoms with Gasteiger partial charge in [-0.05, 0) is 123 Å². The molecule has 0 fully saturated rings. The molecule has 2 aliphatic carbocycles. The van der Waals surface area contributed by atoms with Crippen molar-refractivity contribution in [2.45, 2.75) is 67.6 Å². The lowest BCUT2D eigenvalue weighted by molar-refractivity contribution is 0.414. The first-order valence-electron chi connectivity index (χ1n) is 18.2. The van der Waals surface area contributed by atoms with Gasteiger partial charge in [0.1, 0.15) is 0 Å². The number of rotatable bonds is 8. The van der Waals surface area contributed by atoms with Crippen molar-refractivity contribution in [3.8, 4) is 22.3 Å². The van der Waals surface area contributed by atoms with Gasteiger partial charge in [-0.2, -0.15) is 0 Å². The number of fused-ring (bicyclic) bond motifs is 8. The van der Waals surface area contributed by atoms with Crippen molar-refractivity contribution in [1.29, 1.82) is 0 Å². The van der Waals surface area contributed by atoms with Gasteiger partial charge >= 0.3 is 0 Å². The van der Waals surface area contributed by atoms with Crippen LogP contribution in [0.1, 0.15) is 80.2 Å². The molecule has 3 aliphatic rings. The van der Waals surface area contributed by atoms with Gasteiger partial charge in [0, 0.05) is 25.4 Å². The van der Waals surface area contributed by atoms with E-state index in [1.165, 1.54) is 125 Å². The first kappa shape index (κ1) is 31.7. The summed E-state index contributed by atoms with van der Waals surface area (Å²) in [5.41, 5.74) is 17.4. The molecule has 0 atom stereocenters. The summed E-state index contributed by atoms with van der Waals surface area (Å²) in [5.74, 6) is 0. The van der Waals surface area contributed by atoms with E-state index >= 15 is 0 Å². The van der Waals surface area contributed by atoms with Crippen molar-refractivity contribution in [1.82, 2.24) is 0 Å². The Morgan fingerprint density at radius 1 is 0.580 bits per heavy atom. The summed E-state index contributed by atoms with van der Waals surface area (Å²) in [6.07, 6.45) is 9.58. The van der Waals surface area contributed by atoms with Crippen LogP contribution in [0.15, 0.2) is 142 Å². The molecule has 246 valence electrons. The van der Waals surface area contributed by atoms with E-state index in [4.69, 9.17) is 0 Å². The average Bonchev–Trinajstić information content (AvgIpc) is 3.61. The Balaban J connectivity index is 1.18. The summed E-state index contributed by atoms with van der Waals surface area (Å²) >= 11 is 5.73. The maximum atomic E-state index is 3.85. The molecule has 0 bridgehead atoms. The van der Waals surface area contributed by atoms with Crippen LogP contribution < -0.4 is 4.90 Å². The number of hydrogen-bond donors (Lipinski definition) is 0. The van der Waals surface area contributed by atoms with Crippen molar-refractivity contribution < 1.29 is 0 Å².